The summed E-state index contributed by atoms with van der Waals surface area (Å²) in [6.45, 7) is 6.87. The molecule has 1 aliphatic heterocycles. The predicted octanol–water partition coefficient (Wildman–Crippen LogP) is 2.62. The summed E-state index contributed by atoms with van der Waals surface area (Å²) < 4.78 is 0. The Kier molecular flexibility index (Phi) is 4.26. The van der Waals surface area contributed by atoms with Gasteiger partial charge in [0.25, 0.3) is 0 Å². The van der Waals surface area contributed by atoms with Gasteiger partial charge < -0.3 is 5.73 Å². The molecule has 0 amide bonds. The zero-order valence-corrected chi connectivity index (χ0v) is 11.0. The van der Waals surface area contributed by atoms with Crippen LogP contribution in [0.5, 0.6) is 0 Å². The molecule has 2 nitrogen and oxygen atoms in total. The second kappa shape index (κ2) is 5.50. The lowest BCUT2D eigenvalue weighted by Gasteiger charge is -2.38. The lowest BCUT2D eigenvalue weighted by molar-refractivity contribution is 0.110. The molecule has 2 N–H and O–H groups in total. The maximum Gasteiger partial charge on any atom is 0.0247 e. The van der Waals surface area contributed by atoms with Crippen LogP contribution in [0.3, 0.4) is 0 Å². The van der Waals surface area contributed by atoms with Gasteiger partial charge in [-0.3, -0.25) is 4.90 Å². The molecule has 0 aromatic carbocycles. The highest BCUT2D eigenvalue weighted by molar-refractivity contribution is 4.91. The maximum atomic E-state index is 5.95. The normalized spacial score (nSPS) is 41.4. The predicted molar refractivity (Wildman–Crippen MR) is 69.4 cm³/mol. The first kappa shape index (κ1) is 12.4. The van der Waals surface area contributed by atoms with Crippen LogP contribution in [-0.2, 0) is 0 Å². The summed E-state index contributed by atoms with van der Waals surface area (Å²) in [5.41, 5.74) is 5.95. The Morgan fingerprint density at radius 1 is 1.25 bits per heavy atom. The van der Waals surface area contributed by atoms with Gasteiger partial charge >= 0.3 is 0 Å². The highest BCUT2D eigenvalue weighted by atomic mass is 15.2. The van der Waals surface area contributed by atoms with Crippen molar-refractivity contribution in [1.82, 2.24) is 4.90 Å². The van der Waals surface area contributed by atoms with Crippen molar-refractivity contribution in [3.8, 4) is 0 Å². The highest BCUT2D eigenvalue weighted by Gasteiger charge is 2.36. The van der Waals surface area contributed by atoms with Crippen LogP contribution in [0.2, 0.25) is 0 Å². The first-order valence-electron chi connectivity index (χ1n) is 7.22. The molecule has 16 heavy (non-hydrogen) atoms. The molecule has 2 heteroatoms. The number of likely N-dealkylation sites (tertiary alicyclic amines) is 1. The first-order valence-corrected chi connectivity index (χ1v) is 7.22. The summed E-state index contributed by atoms with van der Waals surface area (Å²) in [6, 6.07) is 1.51. The van der Waals surface area contributed by atoms with Crippen LogP contribution >= 0.6 is 0 Å². The molecule has 1 heterocycles. The van der Waals surface area contributed by atoms with E-state index < -0.39 is 0 Å². The van der Waals surface area contributed by atoms with Crippen molar-refractivity contribution in [3.63, 3.8) is 0 Å². The van der Waals surface area contributed by atoms with Crippen LogP contribution < -0.4 is 5.73 Å². The Hall–Kier alpha value is -0.0800. The minimum absolute atomic E-state index is 0.667. The Morgan fingerprint density at radius 2 is 2.06 bits per heavy atom. The van der Waals surface area contributed by atoms with E-state index in [1.165, 1.54) is 45.1 Å². The van der Waals surface area contributed by atoms with Gasteiger partial charge in [0.1, 0.15) is 0 Å². The summed E-state index contributed by atoms with van der Waals surface area (Å²) in [5.74, 6) is 1.79. The molecule has 2 fully saturated rings. The monoisotopic (exact) mass is 224 g/mol. The topological polar surface area (TPSA) is 29.3 Å². The number of rotatable bonds is 3. The Bertz CT molecular complexity index is 217. The maximum absolute atomic E-state index is 5.95. The third kappa shape index (κ3) is 2.43. The summed E-state index contributed by atoms with van der Waals surface area (Å²) in [6.07, 6.45) is 8.47. The van der Waals surface area contributed by atoms with E-state index in [-0.39, 0.29) is 0 Å². The molecular formula is C14H28N2. The average Bonchev–Trinajstić information content (AvgIpc) is 2.70. The van der Waals surface area contributed by atoms with Crippen LogP contribution in [0.1, 0.15) is 52.4 Å². The summed E-state index contributed by atoms with van der Waals surface area (Å²) >= 11 is 0. The van der Waals surface area contributed by atoms with E-state index in [0.717, 1.165) is 24.4 Å². The zero-order valence-electron chi connectivity index (χ0n) is 11.0. The van der Waals surface area contributed by atoms with Gasteiger partial charge in [0.2, 0.25) is 0 Å². The van der Waals surface area contributed by atoms with Crippen molar-refractivity contribution in [2.45, 2.75) is 64.5 Å². The van der Waals surface area contributed by atoms with Crippen molar-refractivity contribution in [2.24, 2.45) is 17.6 Å². The first-order chi connectivity index (χ1) is 7.76. The molecule has 0 bridgehead atoms. The van der Waals surface area contributed by atoms with Crippen molar-refractivity contribution < 1.29 is 0 Å². The van der Waals surface area contributed by atoms with E-state index in [1.54, 1.807) is 0 Å². The largest absolute Gasteiger partial charge is 0.329 e. The zero-order chi connectivity index (χ0) is 11.5. The van der Waals surface area contributed by atoms with E-state index in [9.17, 15) is 0 Å². The fourth-order valence-electron chi connectivity index (χ4n) is 3.79. The molecule has 0 aromatic rings. The van der Waals surface area contributed by atoms with Gasteiger partial charge in [0, 0.05) is 18.6 Å². The molecule has 2 rings (SSSR count). The van der Waals surface area contributed by atoms with Gasteiger partial charge in [0.15, 0.2) is 0 Å². The number of nitrogens with zero attached hydrogens (tertiary/aromatic N) is 1. The van der Waals surface area contributed by atoms with Gasteiger partial charge in [-0.2, -0.15) is 0 Å². The smallest absolute Gasteiger partial charge is 0.0247 e. The van der Waals surface area contributed by atoms with Crippen LogP contribution in [-0.4, -0.2) is 30.1 Å². The number of hydrogen-bond acceptors (Lipinski definition) is 2. The lowest BCUT2D eigenvalue weighted by atomic mass is 9.83. The highest BCUT2D eigenvalue weighted by Crippen LogP contribution is 2.34. The van der Waals surface area contributed by atoms with E-state index in [4.69, 9.17) is 5.73 Å². The van der Waals surface area contributed by atoms with E-state index in [2.05, 4.69) is 18.7 Å². The van der Waals surface area contributed by atoms with Crippen molar-refractivity contribution >= 4 is 0 Å². The molecule has 4 atom stereocenters. The number of nitrogens with two attached hydrogens (primary N) is 1. The van der Waals surface area contributed by atoms with Crippen molar-refractivity contribution in [1.29, 1.82) is 0 Å². The average molecular weight is 224 g/mol. The van der Waals surface area contributed by atoms with Crippen molar-refractivity contribution in [2.75, 3.05) is 13.1 Å². The second-order valence-electron chi connectivity index (χ2n) is 5.90. The van der Waals surface area contributed by atoms with Gasteiger partial charge in [0.05, 0.1) is 0 Å². The van der Waals surface area contributed by atoms with Crippen molar-refractivity contribution in [3.05, 3.63) is 0 Å². The standard InChI is InChI=1S/C14H28N2/c1-3-12-5-4-6-13(9-12)16-8-7-11(2)14(16)10-15/h11-14H,3-10,15H2,1-2H3. The number of hydrogen-bond donors (Lipinski definition) is 1. The van der Waals surface area contributed by atoms with E-state index in [1.807, 2.05) is 0 Å². The van der Waals surface area contributed by atoms with Crippen LogP contribution in [0.25, 0.3) is 0 Å². The summed E-state index contributed by atoms with van der Waals surface area (Å²) in [7, 11) is 0. The molecule has 1 saturated heterocycles. The van der Waals surface area contributed by atoms with Crippen LogP contribution in [0.4, 0.5) is 0 Å². The van der Waals surface area contributed by atoms with Gasteiger partial charge in [-0.15, -0.1) is 0 Å². The molecule has 2 aliphatic rings. The summed E-state index contributed by atoms with van der Waals surface area (Å²) in [5, 5.41) is 0. The van der Waals surface area contributed by atoms with Crippen LogP contribution in [0.15, 0.2) is 0 Å². The molecule has 4 unspecified atom stereocenters. The Labute approximate surface area is 101 Å². The molecule has 0 radical (unpaired) electrons. The Balaban J connectivity index is 1.95. The molecule has 0 spiro atoms. The molecule has 94 valence electrons. The molecule has 1 aliphatic carbocycles. The third-order valence-electron chi connectivity index (χ3n) is 4.97. The minimum atomic E-state index is 0.667. The molecule has 1 saturated carbocycles. The molecule has 0 aromatic heterocycles. The minimum Gasteiger partial charge on any atom is -0.329 e. The van der Waals surface area contributed by atoms with Gasteiger partial charge in [-0.1, -0.05) is 33.1 Å². The third-order valence-corrected chi connectivity index (χ3v) is 4.97. The fraction of sp³-hybridized carbons (Fsp3) is 1.00. The Morgan fingerprint density at radius 3 is 2.75 bits per heavy atom. The second-order valence-corrected chi connectivity index (χ2v) is 5.90. The van der Waals surface area contributed by atoms with E-state index >= 15 is 0 Å². The van der Waals surface area contributed by atoms with Gasteiger partial charge in [-0.05, 0) is 37.6 Å². The fourth-order valence-corrected chi connectivity index (χ4v) is 3.79. The van der Waals surface area contributed by atoms with Gasteiger partial charge in [-0.25, -0.2) is 0 Å². The SMILES string of the molecule is CCC1CCCC(N2CCC(C)C2CN)C1. The lowest BCUT2D eigenvalue weighted by Crippen LogP contribution is -2.46. The quantitative estimate of drug-likeness (QED) is 0.798. The van der Waals surface area contributed by atoms with E-state index in [0.29, 0.717) is 6.04 Å². The summed E-state index contributed by atoms with van der Waals surface area (Å²) in [4.78, 5) is 2.74. The molecular weight excluding hydrogens is 196 g/mol. The van der Waals surface area contributed by atoms with Crippen LogP contribution in [0, 0.1) is 11.8 Å².